The summed E-state index contributed by atoms with van der Waals surface area (Å²) in [7, 11) is 0. The van der Waals surface area contributed by atoms with Crippen molar-refractivity contribution in [3.05, 3.63) is 22.4 Å². The van der Waals surface area contributed by atoms with Crippen LogP contribution in [0.3, 0.4) is 0 Å². The van der Waals surface area contributed by atoms with Crippen molar-refractivity contribution in [3.63, 3.8) is 0 Å². The molecule has 20 heavy (non-hydrogen) atoms. The first-order valence-electron chi connectivity index (χ1n) is 7.85. The van der Waals surface area contributed by atoms with Gasteiger partial charge in [-0.25, -0.2) is 0 Å². The molecule has 1 heterocycles. The summed E-state index contributed by atoms with van der Waals surface area (Å²) in [4.78, 5) is 11.7. The van der Waals surface area contributed by atoms with E-state index in [1.165, 1.54) is 44.1 Å². The fourth-order valence-electron chi connectivity index (χ4n) is 5.45. The molecule has 0 aromatic carbocycles. The summed E-state index contributed by atoms with van der Waals surface area (Å²) >= 11 is 1.69. The number of carbonyl (C=O) groups excluding carboxylic acids is 1. The van der Waals surface area contributed by atoms with Gasteiger partial charge in [-0.3, -0.25) is 0 Å². The summed E-state index contributed by atoms with van der Waals surface area (Å²) in [5.41, 5.74) is 1.37. The molecule has 0 radical (unpaired) electrons. The largest absolute Gasteiger partial charge is 0.365 e. The Morgan fingerprint density at radius 1 is 1.25 bits per heavy atom. The van der Waals surface area contributed by atoms with E-state index in [0.717, 1.165) is 24.0 Å². The van der Waals surface area contributed by atoms with Crippen molar-refractivity contribution in [2.75, 3.05) is 0 Å². The molecule has 1 unspecified atom stereocenters. The van der Waals surface area contributed by atoms with Crippen LogP contribution in [0.25, 0.3) is 0 Å². The zero-order valence-corrected chi connectivity index (χ0v) is 12.6. The average Bonchev–Trinajstić information content (AvgIpc) is 2.90. The number of ether oxygens (including phenoxy) is 1. The molecule has 0 amide bonds. The van der Waals surface area contributed by atoms with Gasteiger partial charge in [-0.1, -0.05) is 0 Å². The lowest BCUT2D eigenvalue weighted by Gasteiger charge is -2.58. The Kier molecular flexibility index (Phi) is 3.23. The monoisotopic (exact) mass is 290 g/mol. The lowest BCUT2D eigenvalue weighted by atomic mass is 9.48. The van der Waals surface area contributed by atoms with Crippen LogP contribution < -0.4 is 0 Å². The van der Waals surface area contributed by atoms with Gasteiger partial charge in [-0.05, 0) is 78.7 Å². The van der Waals surface area contributed by atoms with Gasteiger partial charge >= 0.3 is 0 Å². The van der Waals surface area contributed by atoms with Gasteiger partial charge in [0.05, 0.1) is 6.61 Å². The van der Waals surface area contributed by atoms with Crippen LogP contribution in [0.5, 0.6) is 0 Å². The Morgan fingerprint density at radius 2 is 1.90 bits per heavy atom. The van der Waals surface area contributed by atoms with Crippen LogP contribution in [0.15, 0.2) is 16.8 Å². The molecule has 0 saturated heterocycles. The maximum absolute atomic E-state index is 11.7. The van der Waals surface area contributed by atoms with E-state index in [9.17, 15) is 4.79 Å². The van der Waals surface area contributed by atoms with Crippen LogP contribution in [0.1, 0.15) is 44.1 Å². The van der Waals surface area contributed by atoms with E-state index in [1.807, 2.05) is 0 Å². The Bertz CT molecular complexity index is 444. The molecular formula is C17H22O2S. The average molecular weight is 290 g/mol. The molecule has 4 bridgehead atoms. The van der Waals surface area contributed by atoms with E-state index in [2.05, 4.69) is 16.8 Å². The normalized spacial score (nSPS) is 39.9. The maximum Gasteiger partial charge on any atom is 0.149 e. The summed E-state index contributed by atoms with van der Waals surface area (Å²) in [5, 5.41) is 4.18. The molecule has 3 heteroatoms. The van der Waals surface area contributed by atoms with E-state index < -0.39 is 0 Å². The van der Waals surface area contributed by atoms with Crippen molar-refractivity contribution in [1.29, 1.82) is 0 Å². The maximum atomic E-state index is 11.7. The van der Waals surface area contributed by atoms with Gasteiger partial charge in [0.2, 0.25) is 0 Å². The van der Waals surface area contributed by atoms with Crippen molar-refractivity contribution in [3.8, 4) is 0 Å². The second-order valence-electron chi connectivity index (χ2n) is 7.28. The van der Waals surface area contributed by atoms with Crippen molar-refractivity contribution in [2.45, 2.75) is 51.2 Å². The summed E-state index contributed by atoms with van der Waals surface area (Å²) in [6.45, 7) is 0.592. The standard InChI is InChI=1S/C17H22O2S/c18-9-16(19-10-12-1-2-20-11-12)17-6-13-3-14(7-17)5-15(4-13)8-17/h1-2,9,11,13-16H,3-8,10H2. The Hall–Kier alpha value is -0.670. The third kappa shape index (κ3) is 2.15. The molecule has 0 spiro atoms. The third-order valence-corrected chi connectivity index (χ3v) is 6.55. The summed E-state index contributed by atoms with van der Waals surface area (Å²) < 4.78 is 6.06. The molecule has 1 aromatic rings. The van der Waals surface area contributed by atoms with Gasteiger partial charge in [0.25, 0.3) is 0 Å². The minimum absolute atomic E-state index is 0.173. The Morgan fingerprint density at radius 3 is 2.40 bits per heavy atom. The highest BCUT2D eigenvalue weighted by atomic mass is 32.1. The highest BCUT2D eigenvalue weighted by Crippen LogP contribution is 2.61. The molecule has 1 atom stereocenters. The number of thiophene rings is 1. The second kappa shape index (κ2) is 4.96. The highest BCUT2D eigenvalue weighted by Gasteiger charge is 2.54. The van der Waals surface area contributed by atoms with E-state index in [-0.39, 0.29) is 11.5 Å². The van der Waals surface area contributed by atoms with E-state index >= 15 is 0 Å². The van der Waals surface area contributed by atoms with Crippen LogP contribution in [-0.4, -0.2) is 12.4 Å². The van der Waals surface area contributed by atoms with E-state index in [4.69, 9.17) is 4.74 Å². The van der Waals surface area contributed by atoms with Crippen molar-refractivity contribution in [1.82, 2.24) is 0 Å². The fraction of sp³-hybridized carbons (Fsp3) is 0.706. The second-order valence-corrected chi connectivity index (χ2v) is 8.06. The lowest BCUT2D eigenvalue weighted by Crippen LogP contribution is -2.52. The third-order valence-electron chi connectivity index (χ3n) is 5.82. The molecule has 0 N–H and O–H groups in total. The quantitative estimate of drug-likeness (QED) is 0.765. The predicted octanol–water partition coefficient (Wildman–Crippen LogP) is 4.05. The number of rotatable bonds is 5. The summed E-state index contributed by atoms with van der Waals surface area (Å²) in [6.07, 6.45) is 8.83. The molecule has 4 aliphatic carbocycles. The molecular weight excluding hydrogens is 268 g/mol. The van der Waals surface area contributed by atoms with Gasteiger partial charge in [0.15, 0.2) is 0 Å². The topological polar surface area (TPSA) is 26.3 Å². The fourth-order valence-corrected chi connectivity index (χ4v) is 6.10. The Labute approximate surface area is 124 Å². The van der Waals surface area contributed by atoms with E-state index in [1.54, 1.807) is 11.3 Å². The highest BCUT2D eigenvalue weighted by molar-refractivity contribution is 7.07. The zero-order chi connectivity index (χ0) is 13.6. The van der Waals surface area contributed by atoms with Crippen molar-refractivity contribution in [2.24, 2.45) is 23.2 Å². The molecule has 4 aliphatic rings. The lowest BCUT2D eigenvalue weighted by molar-refractivity contribution is -0.156. The van der Waals surface area contributed by atoms with Gasteiger partial charge in [0, 0.05) is 5.41 Å². The molecule has 4 saturated carbocycles. The first kappa shape index (κ1) is 13.0. The number of carbonyl (C=O) groups is 1. The van der Waals surface area contributed by atoms with Gasteiger partial charge in [-0.2, -0.15) is 11.3 Å². The minimum atomic E-state index is -0.184. The van der Waals surface area contributed by atoms with Crippen LogP contribution in [-0.2, 0) is 16.1 Å². The first-order chi connectivity index (χ1) is 9.77. The molecule has 4 fully saturated rings. The molecule has 5 rings (SSSR count). The Balaban J connectivity index is 1.50. The summed E-state index contributed by atoms with van der Waals surface area (Å²) in [5.74, 6) is 2.61. The minimum Gasteiger partial charge on any atom is -0.365 e. The van der Waals surface area contributed by atoms with E-state index in [0.29, 0.717) is 6.61 Å². The number of hydrogen-bond acceptors (Lipinski definition) is 3. The first-order valence-corrected chi connectivity index (χ1v) is 8.80. The van der Waals surface area contributed by atoms with Gasteiger partial charge in [-0.15, -0.1) is 0 Å². The van der Waals surface area contributed by atoms with Crippen LogP contribution in [0.4, 0.5) is 0 Å². The van der Waals surface area contributed by atoms with Crippen LogP contribution in [0.2, 0.25) is 0 Å². The SMILES string of the molecule is O=CC(OCc1ccsc1)C12CC3CC(CC(C3)C1)C2. The van der Waals surface area contributed by atoms with Crippen molar-refractivity contribution >= 4 is 17.6 Å². The molecule has 2 nitrogen and oxygen atoms in total. The van der Waals surface area contributed by atoms with Gasteiger partial charge in [0.1, 0.15) is 12.4 Å². The molecule has 0 aliphatic heterocycles. The number of aldehydes is 1. The molecule has 1 aromatic heterocycles. The van der Waals surface area contributed by atoms with Crippen molar-refractivity contribution < 1.29 is 9.53 Å². The van der Waals surface area contributed by atoms with Gasteiger partial charge < -0.3 is 9.53 Å². The number of hydrogen-bond donors (Lipinski definition) is 0. The van der Waals surface area contributed by atoms with Crippen LogP contribution in [0, 0.1) is 23.2 Å². The zero-order valence-electron chi connectivity index (χ0n) is 11.8. The smallest absolute Gasteiger partial charge is 0.149 e. The summed E-state index contributed by atoms with van der Waals surface area (Å²) in [6, 6.07) is 2.09. The molecule has 108 valence electrons. The van der Waals surface area contributed by atoms with Crippen LogP contribution >= 0.6 is 11.3 Å². The predicted molar refractivity (Wildman–Crippen MR) is 79.6 cm³/mol.